The number of nitrogens with zero attached hydrogens (tertiary/aromatic N) is 1. The molecule has 0 fully saturated rings. The maximum absolute atomic E-state index is 12.6. The first kappa shape index (κ1) is 52.4. The number of thioether (sulfide) groups is 2. The van der Waals surface area contributed by atoms with Crippen LogP contribution in [0.4, 0.5) is 0 Å². The van der Waals surface area contributed by atoms with E-state index < -0.39 is 0 Å². The summed E-state index contributed by atoms with van der Waals surface area (Å²) in [5, 5.41) is 0.579. The summed E-state index contributed by atoms with van der Waals surface area (Å²) < 4.78 is 17.3. The number of carbonyl (C=O) groups excluding carboxylic acids is 3. The SMILES string of the molecule is CCCCCCCC(CSC(=O)CCCCCCCC(CCCCCCCC(=O)SCC(CCC(C)CCCC)OC)OC(=O)CCCN(C)C)OC. The zero-order chi connectivity index (χ0) is 39.4. The van der Waals surface area contributed by atoms with E-state index in [-0.39, 0.29) is 29.4 Å². The van der Waals surface area contributed by atoms with E-state index in [0.29, 0.717) is 24.4 Å². The molecule has 314 valence electrons. The van der Waals surface area contributed by atoms with Gasteiger partial charge in [0.1, 0.15) is 6.10 Å². The van der Waals surface area contributed by atoms with Crippen molar-refractivity contribution in [1.82, 2.24) is 4.90 Å². The van der Waals surface area contributed by atoms with E-state index in [1.807, 2.05) is 14.1 Å². The Kier molecular flexibility index (Phi) is 37.8. The van der Waals surface area contributed by atoms with Gasteiger partial charge in [0.05, 0.1) is 12.2 Å². The normalized spacial score (nSPS) is 14.0. The Morgan fingerprint density at radius 2 is 0.962 bits per heavy atom. The summed E-state index contributed by atoms with van der Waals surface area (Å²) in [4.78, 5) is 39.6. The summed E-state index contributed by atoms with van der Waals surface area (Å²) in [5.41, 5.74) is 0. The van der Waals surface area contributed by atoms with Gasteiger partial charge >= 0.3 is 5.97 Å². The van der Waals surface area contributed by atoms with Crippen molar-refractivity contribution in [2.75, 3.05) is 46.4 Å². The van der Waals surface area contributed by atoms with E-state index >= 15 is 0 Å². The molecule has 9 heteroatoms. The van der Waals surface area contributed by atoms with Gasteiger partial charge < -0.3 is 19.1 Å². The summed E-state index contributed by atoms with van der Waals surface area (Å²) in [6, 6.07) is 0. The van der Waals surface area contributed by atoms with Crippen molar-refractivity contribution in [3.05, 3.63) is 0 Å². The summed E-state index contributed by atoms with van der Waals surface area (Å²) >= 11 is 2.90. The summed E-state index contributed by atoms with van der Waals surface area (Å²) in [5.74, 6) is 2.19. The van der Waals surface area contributed by atoms with E-state index in [9.17, 15) is 14.4 Å². The minimum absolute atomic E-state index is 0.0125. The fourth-order valence-electron chi connectivity index (χ4n) is 6.59. The second kappa shape index (κ2) is 38.3. The number of carbonyl (C=O) groups is 3. The van der Waals surface area contributed by atoms with Crippen LogP contribution in [0.2, 0.25) is 0 Å². The van der Waals surface area contributed by atoms with Crippen LogP contribution in [-0.4, -0.2) is 85.8 Å². The van der Waals surface area contributed by atoms with Crippen molar-refractivity contribution in [2.24, 2.45) is 5.92 Å². The van der Waals surface area contributed by atoms with Gasteiger partial charge in [0.15, 0.2) is 10.2 Å². The van der Waals surface area contributed by atoms with Crippen molar-refractivity contribution in [3.63, 3.8) is 0 Å². The lowest BCUT2D eigenvalue weighted by Crippen LogP contribution is -2.20. The third-order valence-corrected chi connectivity index (χ3v) is 12.4. The van der Waals surface area contributed by atoms with Crippen LogP contribution in [0.3, 0.4) is 0 Å². The first-order chi connectivity index (χ1) is 25.6. The molecule has 53 heavy (non-hydrogen) atoms. The molecule has 0 aromatic heterocycles. The van der Waals surface area contributed by atoms with Crippen LogP contribution >= 0.6 is 23.5 Å². The predicted octanol–water partition coefficient (Wildman–Crippen LogP) is 12.2. The van der Waals surface area contributed by atoms with Crippen LogP contribution in [0.25, 0.3) is 0 Å². The molecule has 0 saturated carbocycles. The van der Waals surface area contributed by atoms with E-state index in [4.69, 9.17) is 14.2 Å². The second-order valence-electron chi connectivity index (χ2n) is 15.7. The van der Waals surface area contributed by atoms with Gasteiger partial charge in [-0.05, 0) is 90.8 Å². The van der Waals surface area contributed by atoms with Gasteiger partial charge in [-0.25, -0.2) is 0 Å². The zero-order valence-corrected chi connectivity index (χ0v) is 37.4. The Labute approximate surface area is 336 Å². The Bertz CT molecular complexity index is 860. The molecule has 0 aliphatic rings. The lowest BCUT2D eigenvalue weighted by Gasteiger charge is -2.18. The molecule has 7 nitrogen and oxygen atoms in total. The lowest BCUT2D eigenvalue weighted by molar-refractivity contribution is -0.150. The molecule has 0 aromatic rings. The van der Waals surface area contributed by atoms with Crippen LogP contribution in [0, 0.1) is 5.92 Å². The highest BCUT2D eigenvalue weighted by atomic mass is 32.2. The molecular weight excluding hydrogens is 703 g/mol. The fourth-order valence-corrected chi connectivity index (χ4v) is 8.51. The number of hydrogen-bond donors (Lipinski definition) is 0. The maximum Gasteiger partial charge on any atom is 0.306 e. The molecule has 4 atom stereocenters. The van der Waals surface area contributed by atoms with Gasteiger partial charge in [-0.1, -0.05) is 134 Å². The van der Waals surface area contributed by atoms with Crippen LogP contribution in [0.1, 0.15) is 194 Å². The molecule has 0 saturated heterocycles. The predicted molar refractivity (Wildman–Crippen MR) is 230 cm³/mol. The monoisotopic (exact) mass is 788 g/mol. The highest BCUT2D eigenvalue weighted by Gasteiger charge is 2.16. The van der Waals surface area contributed by atoms with Gasteiger partial charge in [-0.2, -0.15) is 0 Å². The number of hydrogen-bond acceptors (Lipinski definition) is 9. The minimum Gasteiger partial charge on any atom is -0.462 e. The third-order valence-electron chi connectivity index (χ3n) is 10.3. The summed E-state index contributed by atoms with van der Waals surface area (Å²) in [7, 11) is 7.59. The quantitative estimate of drug-likeness (QED) is 0.0447. The molecule has 4 unspecified atom stereocenters. The molecular formula is C44H85NO6S2. The first-order valence-corrected chi connectivity index (χ1v) is 23.8. The van der Waals surface area contributed by atoms with Crippen molar-refractivity contribution < 1.29 is 28.6 Å². The van der Waals surface area contributed by atoms with Gasteiger partial charge in [0, 0.05) is 45.0 Å². The number of unbranched alkanes of at least 4 members (excludes halogenated alkanes) is 13. The number of ether oxygens (including phenoxy) is 3. The molecule has 0 heterocycles. The molecule has 0 spiro atoms. The average Bonchev–Trinajstić information content (AvgIpc) is 3.13. The van der Waals surface area contributed by atoms with Crippen molar-refractivity contribution in [3.8, 4) is 0 Å². The highest BCUT2D eigenvalue weighted by molar-refractivity contribution is 8.13. The first-order valence-electron chi connectivity index (χ1n) is 21.9. The molecule has 0 aromatic carbocycles. The maximum atomic E-state index is 12.6. The van der Waals surface area contributed by atoms with Crippen LogP contribution < -0.4 is 0 Å². The van der Waals surface area contributed by atoms with E-state index in [0.717, 1.165) is 120 Å². The zero-order valence-electron chi connectivity index (χ0n) is 35.7. The van der Waals surface area contributed by atoms with Gasteiger partial charge in [-0.3, -0.25) is 14.4 Å². The molecule has 0 radical (unpaired) electrons. The fraction of sp³-hybridized carbons (Fsp3) is 0.932. The Balaban J connectivity index is 4.28. The van der Waals surface area contributed by atoms with Gasteiger partial charge in [0.2, 0.25) is 0 Å². The summed E-state index contributed by atoms with van der Waals surface area (Å²) in [6.45, 7) is 7.69. The Hall–Kier alpha value is -0.610. The second-order valence-corrected chi connectivity index (χ2v) is 17.9. The largest absolute Gasteiger partial charge is 0.462 e. The molecule has 0 aliphatic heterocycles. The van der Waals surface area contributed by atoms with Crippen LogP contribution in [0.5, 0.6) is 0 Å². The average molecular weight is 788 g/mol. The van der Waals surface area contributed by atoms with E-state index in [1.54, 1.807) is 14.2 Å². The Morgan fingerprint density at radius 1 is 0.509 bits per heavy atom. The highest BCUT2D eigenvalue weighted by Crippen LogP contribution is 2.22. The molecule has 0 amide bonds. The minimum atomic E-state index is -0.0715. The summed E-state index contributed by atoms with van der Waals surface area (Å²) in [6.07, 6.45) is 28.7. The Morgan fingerprint density at radius 3 is 1.45 bits per heavy atom. The molecule has 0 N–H and O–H groups in total. The van der Waals surface area contributed by atoms with Gasteiger partial charge in [0.25, 0.3) is 0 Å². The molecule has 0 aliphatic carbocycles. The van der Waals surface area contributed by atoms with Crippen LogP contribution in [0.15, 0.2) is 0 Å². The van der Waals surface area contributed by atoms with E-state index in [2.05, 4.69) is 25.7 Å². The topological polar surface area (TPSA) is 82.1 Å². The molecule has 0 rings (SSSR count). The van der Waals surface area contributed by atoms with Gasteiger partial charge in [-0.15, -0.1) is 0 Å². The standard InChI is InChI=1S/C44H85NO6S2/c1-8-10-12-15-22-29-40(49-6)36-52-43(47)31-23-18-13-16-20-27-39(51-42(46)30-25-35-45(4)5)28-21-17-14-19-24-32-44(48)53-37-41(50-7)34-33-38(3)26-11-9-2/h38-41H,8-37H2,1-7H3. The van der Waals surface area contributed by atoms with Crippen LogP contribution in [-0.2, 0) is 28.6 Å². The molecule has 0 bridgehead atoms. The van der Waals surface area contributed by atoms with E-state index in [1.165, 1.54) is 81.3 Å². The number of methoxy groups -OCH3 is 2. The smallest absolute Gasteiger partial charge is 0.306 e. The number of esters is 1. The van der Waals surface area contributed by atoms with Crippen molar-refractivity contribution in [2.45, 2.75) is 212 Å². The number of rotatable bonds is 39. The van der Waals surface area contributed by atoms with Crippen molar-refractivity contribution in [1.29, 1.82) is 0 Å². The third kappa shape index (κ3) is 35.5. The lowest BCUT2D eigenvalue weighted by atomic mass is 9.97. The van der Waals surface area contributed by atoms with Crippen molar-refractivity contribution >= 4 is 39.7 Å².